The summed E-state index contributed by atoms with van der Waals surface area (Å²) in [7, 11) is 0. The van der Waals surface area contributed by atoms with E-state index in [1.54, 1.807) is 24.3 Å². The number of carbonyl (C=O) groups is 1. The summed E-state index contributed by atoms with van der Waals surface area (Å²) in [6.07, 6.45) is 0. The minimum Gasteiger partial charge on any atom is -0.407 e. The summed E-state index contributed by atoms with van der Waals surface area (Å²) in [5.74, 6) is -0.498. The van der Waals surface area contributed by atoms with Crippen molar-refractivity contribution in [3.05, 3.63) is 101 Å². The van der Waals surface area contributed by atoms with Crippen LogP contribution in [0.3, 0.4) is 0 Å². The molecule has 0 bridgehead atoms. The Morgan fingerprint density at radius 3 is 2.07 bits per heavy atom. The van der Waals surface area contributed by atoms with Crippen molar-refractivity contribution in [3.63, 3.8) is 0 Å². The number of aromatic nitrogens is 1. The maximum atomic E-state index is 12.6. The van der Waals surface area contributed by atoms with E-state index in [-0.39, 0.29) is 12.5 Å². The van der Waals surface area contributed by atoms with Crippen LogP contribution in [-0.2, 0) is 11.3 Å². The van der Waals surface area contributed by atoms with Crippen molar-refractivity contribution in [2.45, 2.75) is 6.54 Å². The van der Waals surface area contributed by atoms with Gasteiger partial charge >= 0.3 is 5.76 Å². The summed E-state index contributed by atoms with van der Waals surface area (Å²) < 4.78 is 6.91. The van der Waals surface area contributed by atoms with E-state index in [0.717, 1.165) is 11.1 Å². The Kier molecular flexibility index (Phi) is 5.31. The molecule has 4 rings (SSSR count). The smallest absolute Gasteiger partial charge is 0.407 e. The zero-order valence-electron chi connectivity index (χ0n) is 15.3. The van der Waals surface area contributed by atoms with Gasteiger partial charge in [-0.3, -0.25) is 9.36 Å². The lowest BCUT2D eigenvalue weighted by molar-refractivity contribution is -0.116. The van der Waals surface area contributed by atoms with Crippen LogP contribution in [0.5, 0.6) is 0 Å². The molecule has 0 aliphatic rings. The lowest BCUT2D eigenvalue weighted by Gasteiger charge is -2.09. The number of anilines is 1. The number of hydrogen-bond donors (Lipinski definition) is 1. The van der Waals surface area contributed by atoms with Gasteiger partial charge in [-0.15, -0.1) is 0 Å². The van der Waals surface area contributed by atoms with Gasteiger partial charge < -0.3 is 9.73 Å². The first-order chi connectivity index (χ1) is 14.1. The van der Waals surface area contributed by atoms with Crippen LogP contribution in [0.4, 0.5) is 5.69 Å². The fraction of sp³-hybridized carbons (Fsp3) is 0.0435. The molecule has 29 heavy (non-hydrogen) atoms. The van der Waals surface area contributed by atoms with Crippen molar-refractivity contribution < 1.29 is 9.21 Å². The number of oxazole rings is 1. The average molecular weight is 405 g/mol. The Hall–Kier alpha value is -3.57. The van der Waals surface area contributed by atoms with Crippen LogP contribution < -0.4 is 11.1 Å². The summed E-state index contributed by atoms with van der Waals surface area (Å²) in [5.41, 5.74) is 2.71. The van der Waals surface area contributed by atoms with Crippen molar-refractivity contribution >= 4 is 23.2 Å². The van der Waals surface area contributed by atoms with Crippen LogP contribution in [0.2, 0.25) is 5.02 Å². The zero-order chi connectivity index (χ0) is 20.2. The van der Waals surface area contributed by atoms with E-state index in [1.807, 2.05) is 60.7 Å². The molecule has 1 heterocycles. The lowest BCUT2D eigenvalue weighted by atomic mass is 10.1. The second-order valence-corrected chi connectivity index (χ2v) is 6.86. The molecule has 0 saturated heterocycles. The predicted molar refractivity (Wildman–Crippen MR) is 114 cm³/mol. The Balaban J connectivity index is 1.73. The summed E-state index contributed by atoms with van der Waals surface area (Å²) in [6.45, 7) is -0.179. The first kappa shape index (κ1) is 18.8. The van der Waals surface area contributed by atoms with Gasteiger partial charge in [0.2, 0.25) is 5.91 Å². The topological polar surface area (TPSA) is 64.2 Å². The SMILES string of the molecule is O=C(Cn1c(-c2ccccc2)c(-c2ccccc2)oc1=O)Nc1ccc(Cl)cc1. The quantitative estimate of drug-likeness (QED) is 0.505. The van der Waals surface area contributed by atoms with E-state index >= 15 is 0 Å². The Bertz CT molecular complexity index is 1180. The highest BCUT2D eigenvalue weighted by atomic mass is 35.5. The maximum absolute atomic E-state index is 12.6. The molecule has 1 amide bonds. The molecule has 144 valence electrons. The van der Waals surface area contributed by atoms with Crippen molar-refractivity contribution in [3.8, 4) is 22.6 Å². The number of rotatable bonds is 5. The van der Waals surface area contributed by atoms with Crippen molar-refractivity contribution in [2.75, 3.05) is 5.32 Å². The van der Waals surface area contributed by atoms with Gasteiger partial charge in [0.1, 0.15) is 6.54 Å². The van der Waals surface area contributed by atoms with E-state index in [4.69, 9.17) is 16.0 Å². The normalized spacial score (nSPS) is 10.7. The van der Waals surface area contributed by atoms with Gasteiger partial charge in [-0.25, -0.2) is 4.79 Å². The van der Waals surface area contributed by atoms with Crippen LogP contribution in [-0.4, -0.2) is 10.5 Å². The molecule has 0 radical (unpaired) electrons. The minimum absolute atomic E-state index is 0.179. The van der Waals surface area contributed by atoms with E-state index in [2.05, 4.69) is 5.32 Å². The zero-order valence-corrected chi connectivity index (χ0v) is 16.1. The van der Waals surface area contributed by atoms with E-state index in [9.17, 15) is 9.59 Å². The molecule has 0 saturated carbocycles. The van der Waals surface area contributed by atoms with Crippen LogP contribution in [0.15, 0.2) is 94.1 Å². The van der Waals surface area contributed by atoms with Crippen molar-refractivity contribution in [2.24, 2.45) is 0 Å². The standard InChI is InChI=1S/C23H17ClN2O3/c24-18-11-13-19(14-12-18)25-20(27)15-26-21(16-7-3-1-4-8-16)22(29-23(26)28)17-9-5-2-6-10-17/h1-14H,15H2,(H,25,27). The molecule has 0 aliphatic carbocycles. The maximum Gasteiger partial charge on any atom is 0.420 e. The first-order valence-electron chi connectivity index (χ1n) is 9.02. The molecule has 3 aromatic carbocycles. The van der Waals surface area contributed by atoms with Gasteiger partial charge in [0.25, 0.3) is 0 Å². The summed E-state index contributed by atoms with van der Waals surface area (Å²) in [6, 6.07) is 25.5. The van der Waals surface area contributed by atoms with Gasteiger partial charge in [-0.1, -0.05) is 72.3 Å². The largest absolute Gasteiger partial charge is 0.420 e. The predicted octanol–water partition coefficient (Wildman–Crippen LogP) is 5.07. The van der Waals surface area contributed by atoms with Gasteiger partial charge in [0.15, 0.2) is 5.76 Å². The Morgan fingerprint density at radius 1 is 0.862 bits per heavy atom. The van der Waals surface area contributed by atoms with Gasteiger partial charge in [-0.2, -0.15) is 0 Å². The summed E-state index contributed by atoms with van der Waals surface area (Å²) in [4.78, 5) is 25.2. The molecular weight excluding hydrogens is 388 g/mol. The number of amides is 1. The number of benzene rings is 3. The highest BCUT2D eigenvalue weighted by Crippen LogP contribution is 2.31. The van der Waals surface area contributed by atoms with Gasteiger partial charge in [-0.05, 0) is 24.3 Å². The Morgan fingerprint density at radius 2 is 1.45 bits per heavy atom. The monoisotopic (exact) mass is 404 g/mol. The number of halogens is 1. The molecule has 5 nitrogen and oxygen atoms in total. The fourth-order valence-corrected chi connectivity index (χ4v) is 3.22. The van der Waals surface area contributed by atoms with E-state index in [0.29, 0.717) is 22.2 Å². The summed E-state index contributed by atoms with van der Waals surface area (Å²) in [5, 5.41) is 3.35. The average Bonchev–Trinajstić information content (AvgIpc) is 3.07. The lowest BCUT2D eigenvalue weighted by Crippen LogP contribution is -2.25. The van der Waals surface area contributed by atoms with E-state index < -0.39 is 5.76 Å². The third kappa shape index (κ3) is 4.15. The van der Waals surface area contributed by atoms with Crippen LogP contribution >= 0.6 is 11.6 Å². The number of nitrogens with zero attached hydrogens (tertiary/aromatic N) is 1. The molecule has 0 unspecified atom stereocenters. The number of carbonyl (C=O) groups excluding carboxylic acids is 1. The molecule has 6 heteroatoms. The highest BCUT2D eigenvalue weighted by molar-refractivity contribution is 6.30. The van der Waals surface area contributed by atoms with Gasteiger partial charge in [0, 0.05) is 21.8 Å². The van der Waals surface area contributed by atoms with Crippen molar-refractivity contribution in [1.82, 2.24) is 4.57 Å². The van der Waals surface area contributed by atoms with Crippen molar-refractivity contribution in [1.29, 1.82) is 0 Å². The number of nitrogens with one attached hydrogen (secondary N) is 1. The molecule has 1 N–H and O–H groups in total. The van der Waals surface area contributed by atoms with Crippen LogP contribution in [0, 0.1) is 0 Å². The second kappa shape index (κ2) is 8.20. The molecule has 1 aromatic heterocycles. The molecular formula is C23H17ClN2O3. The molecule has 0 spiro atoms. The molecule has 0 atom stereocenters. The van der Waals surface area contributed by atoms with Gasteiger partial charge in [0.05, 0.1) is 5.69 Å². The number of hydrogen-bond acceptors (Lipinski definition) is 3. The van der Waals surface area contributed by atoms with E-state index in [1.165, 1.54) is 4.57 Å². The highest BCUT2D eigenvalue weighted by Gasteiger charge is 2.21. The molecule has 4 aromatic rings. The minimum atomic E-state index is -0.589. The van der Waals surface area contributed by atoms with Crippen LogP contribution in [0.1, 0.15) is 0 Å². The second-order valence-electron chi connectivity index (χ2n) is 6.42. The van der Waals surface area contributed by atoms with Crippen LogP contribution in [0.25, 0.3) is 22.6 Å². The summed E-state index contributed by atoms with van der Waals surface area (Å²) >= 11 is 5.88. The molecule has 0 fully saturated rings. The molecule has 0 aliphatic heterocycles. The fourth-order valence-electron chi connectivity index (χ4n) is 3.09. The third-order valence-corrected chi connectivity index (χ3v) is 4.66. The Labute approximate surface area is 172 Å². The third-order valence-electron chi connectivity index (χ3n) is 4.41. The first-order valence-corrected chi connectivity index (χ1v) is 9.39.